The molecule has 1 rings (SSSR count). The van der Waals surface area contributed by atoms with Crippen LogP contribution in [0.15, 0.2) is 40.3 Å². The van der Waals surface area contributed by atoms with Gasteiger partial charge < -0.3 is 9.47 Å². The third kappa shape index (κ3) is 6.18. The number of aliphatic imine (C=N–C) groups is 2. The molecule has 0 saturated carbocycles. The van der Waals surface area contributed by atoms with Crippen LogP contribution in [0.25, 0.3) is 0 Å². The maximum Gasteiger partial charge on any atom is 0.193 e. The van der Waals surface area contributed by atoms with E-state index in [2.05, 4.69) is 56.7 Å². The first kappa shape index (κ1) is 23.2. The van der Waals surface area contributed by atoms with Crippen LogP contribution >= 0.6 is 0 Å². The van der Waals surface area contributed by atoms with Crippen molar-refractivity contribution in [1.82, 2.24) is 0 Å². The van der Waals surface area contributed by atoms with Crippen LogP contribution in [0.2, 0.25) is 0 Å². The Morgan fingerprint density at radius 3 is 1.60 bits per heavy atom. The van der Waals surface area contributed by atoms with E-state index in [0.717, 1.165) is 24.6 Å². The van der Waals surface area contributed by atoms with Crippen molar-refractivity contribution in [3.63, 3.8) is 0 Å². The molecule has 0 spiro atoms. The third-order valence-electron chi connectivity index (χ3n) is 4.85. The Labute approximate surface area is 154 Å². The van der Waals surface area contributed by atoms with Gasteiger partial charge in [0.25, 0.3) is 0 Å². The van der Waals surface area contributed by atoms with Crippen molar-refractivity contribution in [3.05, 3.63) is 35.9 Å². The lowest BCUT2D eigenvalue weighted by Crippen LogP contribution is -2.33. The lowest BCUT2D eigenvalue weighted by atomic mass is 9.80. The van der Waals surface area contributed by atoms with Crippen molar-refractivity contribution in [1.29, 1.82) is 0 Å². The van der Waals surface area contributed by atoms with Crippen molar-refractivity contribution < 1.29 is 9.47 Å². The molecule has 0 fully saturated rings. The summed E-state index contributed by atoms with van der Waals surface area (Å²) in [4.78, 5) is 8.26. The lowest BCUT2D eigenvalue weighted by molar-refractivity contribution is 0.317. The van der Waals surface area contributed by atoms with Crippen LogP contribution in [-0.2, 0) is 14.9 Å². The molecule has 0 aliphatic rings. The van der Waals surface area contributed by atoms with E-state index >= 15 is 0 Å². The van der Waals surface area contributed by atoms with Gasteiger partial charge in [-0.15, -0.1) is 0 Å². The summed E-state index contributed by atoms with van der Waals surface area (Å²) in [6.45, 7) is 10.7. The summed E-state index contributed by atoms with van der Waals surface area (Å²) in [5, 5.41) is 0. The Bertz CT molecular complexity index is 550. The predicted molar refractivity (Wildman–Crippen MR) is 109 cm³/mol. The molecule has 0 aliphatic carbocycles. The van der Waals surface area contributed by atoms with E-state index in [4.69, 9.17) is 9.47 Å². The number of nitrogens with zero attached hydrogens (tertiary/aromatic N) is 2. The quantitative estimate of drug-likeness (QED) is 0.547. The van der Waals surface area contributed by atoms with Crippen molar-refractivity contribution >= 4 is 11.8 Å². The Morgan fingerprint density at radius 1 is 0.840 bits per heavy atom. The minimum absolute atomic E-state index is 0.0868. The standard InChI is InChI=1S/C13H19NO.C8H17NO/c1-5-13(2,12(14-3)15-4)11-9-7-6-8-10-11;1-6-8(2,3)7(9-4)10-5/h6-10H,5H2,1-4H3;6H2,1-5H3. The summed E-state index contributed by atoms with van der Waals surface area (Å²) in [5.41, 5.74) is 1.21. The first-order chi connectivity index (χ1) is 11.8. The van der Waals surface area contributed by atoms with Crippen molar-refractivity contribution in [2.45, 2.75) is 52.9 Å². The molecule has 0 heterocycles. The molecule has 0 amide bonds. The average molecular weight is 349 g/mol. The van der Waals surface area contributed by atoms with Crippen molar-refractivity contribution in [2.75, 3.05) is 28.3 Å². The van der Waals surface area contributed by atoms with Crippen LogP contribution in [0.5, 0.6) is 0 Å². The zero-order valence-electron chi connectivity index (χ0n) is 17.5. The van der Waals surface area contributed by atoms with Gasteiger partial charge in [-0.3, -0.25) is 9.98 Å². The van der Waals surface area contributed by atoms with Crippen LogP contribution in [0.1, 0.15) is 53.0 Å². The van der Waals surface area contributed by atoms with Gasteiger partial charge in [0.15, 0.2) is 11.8 Å². The van der Waals surface area contributed by atoms with Crippen LogP contribution in [0, 0.1) is 5.41 Å². The summed E-state index contributed by atoms with van der Waals surface area (Å²) < 4.78 is 10.5. The number of hydrogen-bond acceptors (Lipinski definition) is 4. The Morgan fingerprint density at radius 2 is 1.32 bits per heavy atom. The van der Waals surface area contributed by atoms with Crippen LogP contribution in [0.3, 0.4) is 0 Å². The number of ether oxygens (including phenoxy) is 2. The maximum atomic E-state index is 5.36. The smallest absolute Gasteiger partial charge is 0.193 e. The molecule has 1 aromatic rings. The van der Waals surface area contributed by atoms with E-state index in [9.17, 15) is 0 Å². The normalized spacial score (nSPS) is 14.9. The number of rotatable bonds is 5. The molecule has 4 heteroatoms. The fourth-order valence-corrected chi connectivity index (χ4v) is 2.67. The highest BCUT2D eigenvalue weighted by atomic mass is 16.5. The zero-order valence-corrected chi connectivity index (χ0v) is 17.5. The first-order valence-corrected chi connectivity index (χ1v) is 8.85. The van der Waals surface area contributed by atoms with Crippen molar-refractivity contribution in [3.8, 4) is 0 Å². The average Bonchev–Trinajstić information content (AvgIpc) is 2.64. The Balaban J connectivity index is 0.000000504. The van der Waals surface area contributed by atoms with E-state index in [-0.39, 0.29) is 10.8 Å². The molecule has 0 N–H and O–H groups in total. The van der Waals surface area contributed by atoms with Gasteiger partial charge in [0.1, 0.15) is 0 Å². The molecule has 0 bridgehead atoms. The monoisotopic (exact) mass is 348 g/mol. The fraction of sp³-hybridized carbons (Fsp3) is 0.619. The van der Waals surface area contributed by atoms with Gasteiger partial charge in [-0.05, 0) is 25.3 Å². The molecule has 0 aromatic heterocycles. The minimum atomic E-state index is -0.120. The second-order valence-corrected chi connectivity index (χ2v) is 6.75. The topological polar surface area (TPSA) is 43.2 Å². The Kier molecular flexibility index (Phi) is 10.1. The summed E-state index contributed by atoms with van der Waals surface area (Å²) in [6.07, 6.45) is 2.02. The second kappa shape index (κ2) is 10.9. The molecule has 1 unspecified atom stereocenters. The maximum absolute atomic E-state index is 5.36. The molecule has 142 valence electrons. The first-order valence-electron chi connectivity index (χ1n) is 8.85. The molecule has 0 aliphatic heterocycles. The van der Waals surface area contributed by atoms with Crippen LogP contribution < -0.4 is 0 Å². The van der Waals surface area contributed by atoms with Gasteiger partial charge in [0, 0.05) is 19.5 Å². The van der Waals surface area contributed by atoms with Crippen LogP contribution in [0.4, 0.5) is 0 Å². The fourth-order valence-electron chi connectivity index (χ4n) is 2.67. The molecular weight excluding hydrogens is 312 g/mol. The molecule has 0 saturated heterocycles. The van der Waals surface area contributed by atoms with E-state index in [1.54, 1.807) is 28.3 Å². The molecule has 4 nitrogen and oxygen atoms in total. The number of benzene rings is 1. The predicted octanol–water partition coefficient (Wildman–Crippen LogP) is 5.13. The van der Waals surface area contributed by atoms with E-state index < -0.39 is 0 Å². The van der Waals surface area contributed by atoms with Gasteiger partial charge in [-0.2, -0.15) is 0 Å². The van der Waals surface area contributed by atoms with Gasteiger partial charge in [-0.1, -0.05) is 58.0 Å². The van der Waals surface area contributed by atoms with Crippen LogP contribution in [-0.4, -0.2) is 40.1 Å². The molecule has 1 atom stereocenters. The highest BCUT2D eigenvalue weighted by molar-refractivity contribution is 5.87. The molecule has 25 heavy (non-hydrogen) atoms. The summed E-state index contributed by atoms with van der Waals surface area (Å²) in [6, 6.07) is 10.4. The molecule has 1 aromatic carbocycles. The van der Waals surface area contributed by atoms with E-state index in [1.165, 1.54) is 5.56 Å². The summed E-state index contributed by atoms with van der Waals surface area (Å²) in [5.74, 6) is 1.62. The Hall–Kier alpha value is -1.84. The SMILES string of the molecule is CCC(C)(C(=NC)OC)c1ccccc1.CCC(C)(C)C(=NC)OC. The van der Waals surface area contributed by atoms with Gasteiger partial charge in [0.2, 0.25) is 0 Å². The van der Waals surface area contributed by atoms with E-state index in [0.29, 0.717) is 0 Å². The third-order valence-corrected chi connectivity index (χ3v) is 4.85. The minimum Gasteiger partial charge on any atom is -0.484 e. The number of methoxy groups -OCH3 is 2. The lowest BCUT2D eigenvalue weighted by Gasteiger charge is -2.28. The van der Waals surface area contributed by atoms with Gasteiger partial charge in [-0.25, -0.2) is 0 Å². The number of hydrogen-bond donors (Lipinski definition) is 0. The van der Waals surface area contributed by atoms with Gasteiger partial charge in [0.05, 0.1) is 19.6 Å². The summed E-state index contributed by atoms with van der Waals surface area (Å²) in [7, 11) is 6.88. The summed E-state index contributed by atoms with van der Waals surface area (Å²) >= 11 is 0. The largest absolute Gasteiger partial charge is 0.484 e. The second-order valence-electron chi connectivity index (χ2n) is 6.75. The molecular formula is C21H36N2O2. The van der Waals surface area contributed by atoms with Crippen molar-refractivity contribution in [2.24, 2.45) is 15.4 Å². The van der Waals surface area contributed by atoms with Gasteiger partial charge >= 0.3 is 0 Å². The molecule has 0 radical (unpaired) electrons. The zero-order chi connectivity index (χ0) is 19.5. The van der Waals surface area contributed by atoms with E-state index in [1.807, 2.05) is 18.2 Å². The highest BCUT2D eigenvalue weighted by Crippen LogP contribution is 2.29. The highest BCUT2D eigenvalue weighted by Gasteiger charge is 2.31.